The number of hydrogen-bond acceptors (Lipinski definition) is 5. The molecule has 82 valence electrons. The number of aliphatic imine (C=N–C) groups is 1. The van der Waals surface area contributed by atoms with E-state index in [1.54, 1.807) is 12.1 Å². The monoisotopic (exact) mass is 218 g/mol. The molecule has 0 amide bonds. The molecular formula is C11H10N2O3. The van der Waals surface area contributed by atoms with E-state index in [-0.39, 0.29) is 6.54 Å². The number of ether oxygens (including phenoxy) is 2. The number of carbonyl (C=O) groups excluding carboxylic acids is 1. The number of nitriles is 1. The van der Waals surface area contributed by atoms with Crippen LogP contribution in [-0.2, 0) is 11.3 Å². The zero-order valence-corrected chi connectivity index (χ0v) is 8.98. The molecule has 0 aromatic heterocycles. The topological polar surface area (TPSA) is 71.7 Å². The van der Waals surface area contributed by atoms with Crippen molar-refractivity contribution in [1.82, 2.24) is 0 Å². The largest absolute Gasteiger partial charge is 0.493 e. The van der Waals surface area contributed by atoms with Gasteiger partial charge in [0.2, 0.25) is 6.08 Å². The predicted molar refractivity (Wildman–Crippen MR) is 56.1 cm³/mol. The Hall–Kier alpha value is -2.31. The van der Waals surface area contributed by atoms with Crippen molar-refractivity contribution >= 4 is 6.08 Å². The molecule has 0 unspecified atom stereocenters. The number of hydrogen-bond donors (Lipinski definition) is 0. The molecule has 0 bridgehead atoms. The van der Waals surface area contributed by atoms with Gasteiger partial charge in [0.1, 0.15) is 6.07 Å². The van der Waals surface area contributed by atoms with Crippen LogP contribution in [0.25, 0.3) is 0 Å². The molecule has 1 rings (SSSR count). The maximum absolute atomic E-state index is 10.00. The molecule has 0 heterocycles. The summed E-state index contributed by atoms with van der Waals surface area (Å²) in [5.41, 5.74) is 1.04. The van der Waals surface area contributed by atoms with Crippen molar-refractivity contribution in [3.8, 4) is 17.6 Å². The van der Waals surface area contributed by atoms with Crippen LogP contribution in [0.5, 0.6) is 11.5 Å². The van der Waals surface area contributed by atoms with E-state index in [1.165, 1.54) is 20.3 Å². The van der Waals surface area contributed by atoms with Gasteiger partial charge in [-0.15, -0.1) is 0 Å². The van der Waals surface area contributed by atoms with Crippen LogP contribution in [0.3, 0.4) is 0 Å². The summed E-state index contributed by atoms with van der Waals surface area (Å²) in [6, 6.07) is 5.26. The molecule has 5 nitrogen and oxygen atoms in total. The number of methoxy groups -OCH3 is 2. The zero-order valence-electron chi connectivity index (χ0n) is 8.98. The second-order valence-electron chi connectivity index (χ2n) is 2.90. The van der Waals surface area contributed by atoms with Crippen molar-refractivity contribution in [3.63, 3.8) is 0 Å². The lowest BCUT2D eigenvalue weighted by Gasteiger charge is -2.10. The SMILES string of the molecule is COc1cc(CN=C=O)cc(C#N)c1OC. The molecule has 0 spiro atoms. The first-order chi connectivity index (χ1) is 7.76. The Kier molecular flexibility index (Phi) is 4.07. The lowest BCUT2D eigenvalue weighted by atomic mass is 10.1. The third-order valence-electron chi connectivity index (χ3n) is 1.99. The molecule has 1 aromatic rings. The minimum Gasteiger partial charge on any atom is -0.493 e. The minimum absolute atomic E-state index is 0.165. The van der Waals surface area contributed by atoms with Crippen LogP contribution in [0.15, 0.2) is 17.1 Å². The van der Waals surface area contributed by atoms with Crippen molar-refractivity contribution in [2.75, 3.05) is 14.2 Å². The van der Waals surface area contributed by atoms with Crippen LogP contribution in [0.1, 0.15) is 11.1 Å². The van der Waals surface area contributed by atoms with Crippen LogP contribution in [-0.4, -0.2) is 20.3 Å². The molecule has 0 aliphatic heterocycles. The third kappa shape index (κ3) is 2.38. The summed E-state index contributed by atoms with van der Waals surface area (Å²) < 4.78 is 10.1. The number of benzene rings is 1. The zero-order chi connectivity index (χ0) is 12.0. The lowest BCUT2D eigenvalue weighted by molar-refractivity contribution is 0.353. The van der Waals surface area contributed by atoms with E-state index in [2.05, 4.69) is 4.99 Å². The summed E-state index contributed by atoms with van der Waals surface area (Å²) in [4.78, 5) is 13.4. The van der Waals surface area contributed by atoms with Gasteiger partial charge in [0.25, 0.3) is 0 Å². The first kappa shape index (κ1) is 11.8. The first-order valence-electron chi connectivity index (χ1n) is 4.45. The van der Waals surface area contributed by atoms with Gasteiger partial charge in [-0.3, -0.25) is 0 Å². The van der Waals surface area contributed by atoms with Gasteiger partial charge < -0.3 is 9.47 Å². The lowest BCUT2D eigenvalue weighted by Crippen LogP contribution is -1.96. The summed E-state index contributed by atoms with van der Waals surface area (Å²) in [7, 11) is 2.94. The van der Waals surface area contributed by atoms with E-state index < -0.39 is 0 Å². The predicted octanol–water partition coefficient (Wildman–Crippen LogP) is 1.41. The normalized spacial score (nSPS) is 8.81. The quantitative estimate of drug-likeness (QED) is 0.565. The van der Waals surface area contributed by atoms with E-state index in [0.717, 1.165) is 0 Å². The fourth-order valence-corrected chi connectivity index (χ4v) is 1.32. The maximum Gasteiger partial charge on any atom is 0.235 e. The van der Waals surface area contributed by atoms with Crippen molar-refractivity contribution in [3.05, 3.63) is 23.3 Å². The highest BCUT2D eigenvalue weighted by Crippen LogP contribution is 2.32. The average Bonchev–Trinajstić information content (AvgIpc) is 2.34. The summed E-state index contributed by atoms with van der Waals surface area (Å²) in [6.45, 7) is 0.165. The summed E-state index contributed by atoms with van der Waals surface area (Å²) in [6.07, 6.45) is 1.44. The van der Waals surface area contributed by atoms with Crippen molar-refractivity contribution < 1.29 is 14.3 Å². The van der Waals surface area contributed by atoms with Gasteiger partial charge in [-0.2, -0.15) is 5.26 Å². The average molecular weight is 218 g/mol. The fraction of sp³-hybridized carbons (Fsp3) is 0.273. The van der Waals surface area contributed by atoms with Crippen molar-refractivity contribution in [2.24, 2.45) is 4.99 Å². The van der Waals surface area contributed by atoms with Crippen LogP contribution in [0.4, 0.5) is 0 Å². The van der Waals surface area contributed by atoms with Gasteiger partial charge in [0.05, 0.1) is 26.3 Å². The van der Waals surface area contributed by atoms with Gasteiger partial charge in [0.15, 0.2) is 11.5 Å². The molecule has 0 N–H and O–H groups in total. The van der Waals surface area contributed by atoms with E-state index in [0.29, 0.717) is 22.6 Å². The standard InChI is InChI=1S/C11H10N2O3/c1-15-10-4-8(6-13-7-14)3-9(5-12)11(10)16-2/h3-4H,6H2,1-2H3. The number of nitrogens with zero attached hydrogens (tertiary/aromatic N) is 2. The number of isocyanates is 1. The Morgan fingerprint density at radius 1 is 1.38 bits per heavy atom. The maximum atomic E-state index is 10.00. The van der Waals surface area contributed by atoms with Gasteiger partial charge in [0, 0.05) is 0 Å². The molecule has 16 heavy (non-hydrogen) atoms. The summed E-state index contributed by atoms with van der Waals surface area (Å²) >= 11 is 0. The van der Waals surface area contributed by atoms with Crippen LogP contribution < -0.4 is 9.47 Å². The summed E-state index contributed by atoms with van der Waals surface area (Å²) in [5.74, 6) is 0.821. The van der Waals surface area contributed by atoms with Gasteiger partial charge in [-0.05, 0) is 17.7 Å². The molecule has 0 fully saturated rings. The van der Waals surface area contributed by atoms with Crippen molar-refractivity contribution in [1.29, 1.82) is 5.26 Å². The molecular weight excluding hydrogens is 208 g/mol. The van der Waals surface area contributed by atoms with E-state index in [1.807, 2.05) is 6.07 Å². The van der Waals surface area contributed by atoms with Gasteiger partial charge in [-0.1, -0.05) is 0 Å². The minimum atomic E-state index is 0.165. The molecule has 0 saturated carbocycles. The highest BCUT2D eigenvalue weighted by molar-refractivity contribution is 5.55. The number of rotatable bonds is 4. The third-order valence-corrected chi connectivity index (χ3v) is 1.99. The fourth-order valence-electron chi connectivity index (χ4n) is 1.32. The smallest absolute Gasteiger partial charge is 0.235 e. The second kappa shape index (κ2) is 5.54. The molecule has 0 saturated heterocycles. The molecule has 0 aliphatic carbocycles. The molecule has 0 atom stereocenters. The van der Waals surface area contributed by atoms with Gasteiger partial charge in [-0.25, -0.2) is 9.79 Å². The Bertz CT molecular complexity index is 471. The molecule has 1 aromatic carbocycles. The van der Waals surface area contributed by atoms with Crippen LogP contribution >= 0.6 is 0 Å². The molecule has 5 heteroatoms. The Labute approximate surface area is 92.9 Å². The van der Waals surface area contributed by atoms with Crippen molar-refractivity contribution in [2.45, 2.75) is 6.54 Å². The van der Waals surface area contributed by atoms with Crippen LogP contribution in [0.2, 0.25) is 0 Å². The van der Waals surface area contributed by atoms with E-state index >= 15 is 0 Å². The Balaban J connectivity index is 3.26. The first-order valence-corrected chi connectivity index (χ1v) is 4.45. The highest BCUT2D eigenvalue weighted by Gasteiger charge is 2.11. The van der Waals surface area contributed by atoms with Crippen LogP contribution in [0, 0.1) is 11.3 Å². The highest BCUT2D eigenvalue weighted by atomic mass is 16.5. The van der Waals surface area contributed by atoms with E-state index in [4.69, 9.17) is 14.7 Å². The van der Waals surface area contributed by atoms with E-state index in [9.17, 15) is 4.79 Å². The Morgan fingerprint density at radius 3 is 2.62 bits per heavy atom. The molecule has 0 radical (unpaired) electrons. The summed E-state index contributed by atoms with van der Waals surface area (Å²) in [5, 5.41) is 8.93. The van der Waals surface area contributed by atoms with Gasteiger partial charge >= 0.3 is 0 Å². The second-order valence-corrected chi connectivity index (χ2v) is 2.90. The molecule has 0 aliphatic rings. The Morgan fingerprint density at radius 2 is 2.12 bits per heavy atom.